The molecule has 0 spiro atoms. The predicted molar refractivity (Wildman–Crippen MR) is 79.7 cm³/mol. The number of aliphatic carboxylic acids is 1. The van der Waals surface area contributed by atoms with Gasteiger partial charge in [-0.15, -0.1) is 0 Å². The van der Waals surface area contributed by atoms with E-state index in [1.54, 1.807) is 6.07 Å². The summed E-state index contributed by atoms with van der Waals surface area (Å²) >= 11 is 3.38. The largest absolute Gasteiger partial charge is 0.481 e. The molecule has 20 heavy (non-hydrogen) atoms. The van der Waals surface area contributed by atoms with Crippen LogP contribution in [0, 0.1) is 12.3 Å². The number of amides is 1. The number of nitrogens with one attached hydrogen (secondary N) is 1. The van der Waals surface area contributed by atoms with Gasteiger partial charge in [0, 0.05) is 11.0 Å². The molecular weight excluding hydrogens is 322 g/mol. The van der Waals surface area contributed by atoms with Crippen LogP contribution in [0.4, 0.5) is 0 Å². The molecule has 0 aromatic heterocycles. The Labute approximate surface area is 126 Å². The smallest absolute Gasteiger partial charge is 0.303 e. The molecule has 1 fully saturated rings. The molecule has 1 aromatic rings. The van der Waals surface area contributed by atoms with Gasteiger partial charge in [-0.25, -0.2) is 0 Å². The zero-order valence-electron chi connectivity index (χ0n) is 11.4. The summed E-state index contributed by atoms with van der Waals surface area (Å²) in [5.41, 5.74) is 1.41. The van der Waals surface area contributed by atoms with Crippen LogP contribution in [0.1, 0.15) is 41.6 Å². The highest BCUT2D eigenvalue weighted by atomic mass is 79.9. The summed E-state index contributed by atoms with van der Waals surface area (Å²) in [5, 5.41) is 11.8. The third-order valence-corrected chi connectivity index (χ3v) is 4.59. The van der Waals surface area contributed by atoms with Gasteiger partial charge in [0.05, 0.1) is 12.0 Å². The molecule has 4 nitrogen and oxygen atoms in total. The minimum Gasteiger partial charge on any atom is -0.481 e. The zero-order valence-corrected chi connectivity index (χ0v) is 13.0. The third kappa shape index (κ3) is 3.39. The number of halogens is 1. The van der Waals surface area contributed by atoms with Crippen molar-refractivity contribution in [1.29, 1.82) is 0 Å². The first-order chi connectivity index (χ1) is 9.42. The number of carbonyl (C=O) groups excluding carboxylic acids is 1. The van der Waals surface area contributed by atoms with Crippen molar-refractivity contribution in [2.75, 3.05) is 6.54 Å². The summed E-state index contributed by atoms with van der Waals surface area (Å²) in [6.45, 7) is 2.39. The van der Waals surface area contributed by atoms with E-state index in [1.807, 2.05) is 19.1 Å². The number of carboxylic acids is 1. The van der Waals surface area contributed by atoms with Crippen LogP contribution >= 0.6 is 15.9 Å². The second-order valence-corrected chi connectivity index (χ2v) is 6.44. The van der Waals surface area contributed by atoms with Gasteiger partial charge in [-0.3, -0.25) is 9.59 Å². The molecule has 5 heteroatoms. The van der Waals surface area contributed by atoms with E-state index in [0.717, 1.165) is 29.3 Å². The number of carbonyl (C=O) groups is 2. The monoisotopic (exact) mass is 339 g/mol. The highest BCUT2D eigenvalue weighted by Gasteiger charge is 2.39. The van der Waals surface area contributed by atoms with Crippen molar-refractivity contribution >= 4 is 27.8 Å². The van der Waals surface area contributed by atoms with Crippen LogP contribution in [0.2, 0.25) is 0 Å². The fourth-order valence-electron chi connectivity index (χ4n) is 2.58. The lowest BCUT2D eigenvalue weighted by Crippen LogP contribution is -2.43. The average Bonchev–Trinajstić information content (AvgIpc) is 2.31. The molecule has 0 radical (unpaired) electrons. The van der Waals surface area contributed by atoms with Crippen molar-refractivity contribution in [2.24, 2.45) is 5.41 Å². The van der Waals surface area contributed by atoms with Crippen molar-refractivity contribution < 1.29 is 14.7 Å². The highest BCUT2D eigenvalue weighted by molar-refractivity contribution is 9.10. The van der Waals surface area contributed by atoms with Crippen molar-refractivity contribution in [3.63, 3.8) is 0 Å². The summed E-state index contributed by atoms with van der Waals surface area (Å²) in [7, 11) is 0. The van der Waals surface area contributed by atoms with Gasteiger partial charge in [-0.05, 0) is 58.8 Å². The average molecular weight is 340 g/mol. The zero-order chi connectivity index (χ0) is 14.8. The van der Waals surface area contributed by atoms with Crippen LogP contribution < -0.4 is 5.32 Å². The van der Waals surface area contributed by atoms with Crippen LogP contribution in [-0.4, -0.2) is 23.5 Å². The van der Waals surface area contributed by atoms with Crippen LogP contribution in [0.5, 0.6) is 0 Å². The Kier molecular flexibility index (Phi) is 4.48. The fraction of sp³-hybridized carbons (Fsp3) is 0.467. The van der Waals surface area contributed by atoms with Gasteiger partial charge in [-0.1, -0.05) is 12.5 Å². The van der Waals surface area contributed by atoms with Crippen molar-refractivity contribution in [3.8, 4) is 0 Å². The summed E-state index contributed by atoms with van der Waals surface area (Å²) < 4.78 is 0.760. The minimum atomic E-state index is -0.796. The van der Waals surface area contributed by atoms with E-state index in [9.17, 15) is 9.59 Å². The van der Waals surface area contributed by atoms with Crippen LogP contribution in [0.15, 0.2) is 22.7 Å². The molecule has 0 bridgehead atoms. The van der Waals surface area contributed by atoms with Crippen LogP contribution in [-0.2, 0) is 4.79 Å². The molecule has 0 unspecified atom stereocenters. The van der Waals surface area contributed by atoms with Crippen molar-refractivity contribution in [2.45, 2.75) is 32.6 Å². The van der Waals surface area contributed by atoms with E-state index in [1.165, 1.54) is 0 Å². The summed E-state index contributed by atoms with van der Waals surface area (Å²) in [6, 6.07) is 5.56. The Morgan fingerprint density at radius 3 is 2.60 bits per heavy atom. The number of rotatable bonds is 5. The Bertz CT molecular complexity index is 538. The number of hydrogen-bond donors (Lipinski definition) is 2. The van der Waals surface area contributed by atoms with E-state index < -0.39 is 5.97 Å². The normalized spacial score (nSPS) is 16.3. The van der Waals surface area contributed by atoms with Crippen LogP contribution in [0.3, 0.4) is 0 Å². The molecule has 0 aliphatic heterocycles. The predicted octanol–water partition coefficient (Wildman–Crippen LogP) is 3.13. The Hall–Kier alpha value is -1.36. The number of benzene rings is 1. The molecular formula is C15H18BrNO3. The van der Waals surface area contributed by atoms with E-state index in [2.05, 4.69) is 21.2 Å². The SMILES string of the molecule is Cc1ccc(C(=O)NCC2(CC(=O)O)CCC2)c(Br)c1. The second kappa shape index (κ2) is 5.95. The Balaban J connectivity index is 1.99. The van der Waals surface area contributed by atoms with Gasteiger partial charge in [0.1, 0.15) is 0 Å². The molecule has 1 saturated carbocycles. The number of carboxylic acid groups (broad SMARTS) is 1. The summed E-state index contributed by atoms with van der Waals surface area (Å²) in [4.78, 5) is 23.1. The maximum Gasteiger partial charge on any atom is 0.303 e. The molecule has 0 saturated heterocycles. The first-order valence-electron chi connectivity index (χ1n) is 6.68. The van der Waals surface area contributed by atoms with E-state index >= 15 is 0 Å². The summed E-state index contributed by atoms with van der Waals surface area (Å²) in [6.07, 6.45) is 2.91. The van der Waals surface area contributed by atoms with Gasteiger partial charge in [0.2, 0.25) is 0 Å². The number of aryl methyl sites for hydroxylation is 1. The lowest BCUT2D eigenvalue weighted by molar-refractivity contribution is -0.141. The Morgan fingerprint density at radius 1 is 1.40 bits per heavy atom. The second-order valence-electron chi connectivity index (χ2n) is 5.59. The van der Waals surface area contributed by atoms with Crippen molar-refractivity contribution in [3.05, 3.63) is 33.8 Å². The van der Waals surface area contributed by atoms with E-state index in [-0.39, 0.29) is 17.7 Å². The number of hydrogen-bond acceptors (Lipinski definition) is 2. The first-order valence-corrected chi connectivity index (χ1v) is 7.47. The van der Waals surface area contributed by atoms with Gasteiger partial charge in [0.25, 0.3) is 5.91 Å². The fourth-order valence-corrected chi connectivity index (χ4v) is 3.25. The quantitative estimate of drug-likeness (QED) is 0.865. The maximum absolute atomic E-state index is 12.2. The third-order valence-electron chi connectivity index (χ3n) is 3.93. The van der Waals surface area contributed by atoms with Crippen LogP contribution in [0.25, 0.3) is 0 Å². The molecule has 1 aliphatic carbocycles. The Morgan fingerprint density at radius 2 is 2.10 bits per heavy atom. The molecule has 0 heterocycles. The molecule has 1 aromatic carbocycles. The minimum absolute atomic E-state index is 0.127. The standard InChI is InChI=1S/C15H18BrNO3/c1-10-3-4-11(12(16)7-10)14(20)17-9-15(5-2-6-15)8-13(18)19/h3-4,7H,2,5-6,8-9H2,1H3,(H,17,20)(H,18,19). The maximum atomic E-state index is 12.2. The van der Waals surface area contributed by atoms with E-state index in [0.29, 0.717) is 12.1 Å². The molecule has 1 amide bonds. The van der Waals surface area contributed by atoms with Gasteiger partial charge in [-0.2, -0.15) is 0 Å². The molecule has 2 rings (SSSR count). The first kappa shape index (κ1) is 15.0. The van der Waals surface area contributed by atoms with Gasteiger partial charge < -0.3 is 10.4 Å². The molecule has 2 N–H and O–H groups in total. The topological polar surface area (TPSA) is 66.4 Å². The molecule has 108 valence electrons. The summed E-state index contributed by atoms with van der Waals surface area (Å²) in [5.74, 6) is -0.955. The van der Waals surface area contributed by atoms with Gasteiger partial charge in [0.15, 0.2) is 0 Å². The van der Waals surface area contributed by atoms with Gasteiger partial charge >= 0.3 is 5.97 Å². The molecule has 0 atom stereocenters. The van der Waals surface area contributed by atoms with E-state index in [4.69, 9.17) is 5.11 Å². The molecule has 1 aliphatic rings. The van der Waals surface area contributed by atoms with Crippen molar-refractivity contribution in [1.82, 2.24) is 5.32 Å². The lowest BCUT2D eigenvalue weighted by Gasteiger charge is -2.40. The lowest BCUT2D eigenvalue weighted by atomic mass is 9.66. The highest BCUT2D eigenvalue weighted by Crippen LogP contribution is 2.43.